The van der Waals surface area contributed by atoms with E-state index in [-0.39, 0.29) is 11.3 Å². The van der Waals surface area contributed by atoms with E-state index in [2.05, 4.69) is 19.2 Å². The number of anilines is 1. The number of nitrogens with two attached hydrogens (primary N) is 2. The Morgan fingerprint density at radius 2 is 1.75 bits per heavy atom. The Bertz CT molecular complexity index is 467. The molecule has 1 aromatic rings. The summed E-state index contributed by atoms with van der Waals surface area (Å²) < 4.78 is 0. The summed E-state index contributed by atoms with van der Waals surface area (Å²) in [7, 11) is 0. The Morgan fingerprint density at radius 1 is 1.15 bits per heavy atom. The molecule has 2 amide bonds. The van der Waals surface area contributed by atoms with Gasteiger partial charge < -0.3 is 16.8 Å². The van der Waals surface area contributed by atoms with E-state index in [1.165, 1.54) is 0 Å². The normalized spacial score (nSPS) is 11.2. The second-order valence-corrected chi connectivity index (χ2v) is 5.69. The molecular formula is C15H23N3O2. The third-order valence-electron chi connectivity index (χ3n) is 3.30. The van der Waals surface area contributed by atoms with E-state index in [0.29, 0.717) is 24.2 Å². The lowest BCUT2D eigenvalue weighted by molar-refractivity contribution is -0.116. The SMILES string of the molecule is CC(C)(CCN)CCC(=O)Nc1ccc(C(N)=O)cc1. The molecule has 5 nitrogen and oxygen atoms in total. The van der Waals surface area contributed by atoms with Gasteiger partial charge in [0.1, 0.15) is 0 Å². The highest BCUT2D eigenvalue weighted by Crippen LogP contribution is 2.26. The van der Waals surface area contributed by atoms with Gasteiger partial charge in [0.15, 0.2) is 0 Å². The van der Waals surface area contributed by atoms with Crippen molar-refractivity contribution in [2.45, 2.75) is 33.1 Å². The zero-order valence-electron chi connectivity index (χ0n) is 12.1. The molecule has 0 bridgehead atoms. The fourth-order valence-corrected chi connectivity index (χ4v) is 1.91. The van der Waals surface area contributed by atoms with Crippen molar-refractivity contribution in [1.82, 2.24) is 0 Å². The average molecular weight is 277 g/mol. The maximum Gasteiger partial charge on any atom is 0.248 e. The van der Waals surface area contributed by atoms with Crippen LogP contribution in [0, 0.1) is 5.41 Å². The van der Waals surface area contributed by atoms with E-state index in [9.17, 15) is 9.59 Å². The summed E-state index contributed by atoms with van der Waals surface area (Å²) in [6, 6.07) is 6.53. The molecule has 0 aliphatic carbocycles. The van der Waals surface area contributed by atoms with Crippen LogP contribution >= 0.6 is 0 Å². The van der Waals surface area contributed by atoms with Crippen molar-refractivity contribution < 1.29 is 9.59 Å². The molecule has 0 atom stereocenters. The maximum atomic E-state index is 11.8. The first-order valence-corrected chi connectivity index (χ1v) is 6.74. The number of hydrogen-bond acceptors (Lipinski definition) is 3. The lowest BCUT2D eigenvalue weighted by Gasteiger charge is -2.23. The van der Waals surface area contributed by atoms with Crippen LogP contribution in [-0.4, -0.2) is 18.4 Å². The minimum Gasteiger partial charge on any atom is -0.366 e. The number of hydrogen-bond donors (Lipinski definition) is 3. The van der Waals surface area contributed by atoms with Crippen LogP contribution in [0.4, 0.5) is 5.69 Å². The molecule has 5 heteroatoms. The van der Waals surface area contributed by atoms with E-state index < -0.39 is 5.91 Å². The van der Waals surface area contributed by atoms with Gasteiger partial charge in [-0.15, -0.1) is 0 Å². The van der Waals surface area contributed by atoms with Crippen molar-refractivity contribution in [2.24, 2.45) is 16.9 Å². The van der Waals surface area contributed by atoms with Gasteiger partial charge in [0.2, 0.25) is 11.8 Å². The molecule has 1 aromatic carbocycles. The number of amides is 2. The Balaban J connectivity index is 2.48. The van der Waals surface area contributed by atoms with E-state index in [1.54, 1.807) is 24.3 Å². The molecule has 0 radical (unpaired) electrons. The van der Waals surface area contributed by atoms with Crippen LogP contribution in [-0.2, 0) is 4.79 Å². The first-order chi connectivity index (χ1) is 9.34. The van der Waals surface area contributed by atoms with Gasteiger partial charge in [0.05, 0.1) is 0 Å². The van der Waals surface area contributed by atoms with Crippen LogP contribution in [0.25, 0.3) is 0 Å². The van der Waals surface area contributed by atoms with Gasteiger partial charge in [0.25, 0.3) is 0 Å². The van der Waals surface area contributed by atoms with Crippen LogP contribution in [0.3, 0.4) is 0 Å². The number of carbonyl (C=O) groups excluding carboxylic acids is 2. The quantitative estimate of drug-likeness (QED) is 0.709. The highest BCUT2D eigenvalue weighted by Gasteiger charge is 2.18. The molecule has 0 aromatic heterocycles. The number of primary amides is 1. The first-order valence-electron chi connectivity index (χ1n) is 6.74. The molecule has 0 heterocycles. The molecule has 110 valence electrons. The van der Waals surface area contributed by atoms with Gasteiger partial charge in [-0.2, -0.15) is 0 Å². The molecule has 0 aliphatic rings. The molecule has 1 rings (SSSR count). The fraction of sp³-hybridized carbons (Fsp3) is 0.467. The van der Waals surface area contributed by atoms with Gasteiger partial charge in [-0.3, -0.25) is 9.59 Å². The van der Waals surface area contributed by atoms with Gasteiger partial charge in [0, 0.05) is 17.7 Å². The third-order valence-corrected chi connectivity index (χ3v) is 3.30. The summed E-state index contributed by atoms with van der Waals surface area (Å²) in [5, 5.41) is 2.80. The standard InChI is InChI=1S/C15H23N3O2/c1-15(2,9-10-16)8-7-13(19)18-12-5-3-11(4-6-12)14(17)20/h3-6H,7-10,16H2,1-2H3,(H2,17,20)(H,18,19). The van der Waals surface area contributed by atoms with Crippen molar-refractivity contribution in [3.05, 3.63) is 29.8 Å². The van der Waals surface area contributed by atoms with Crippen molar-refractivity contribution >= 4 is 17.5 Å². The number of rotatable bonds is 7. The van der Waals surface area contributed by atoms with Crippen molar-refractivity contribution in [1.29, 1.82) is 0 Å². The lowest BCUT2D eigenvalue weighted by atomic mass is 9.84. The second kappa shape index (κ2) is 7.05. The summed E-state index contributed by atoms with van der Waals surface area (Å²) in [6.45, 7) is 4.84. The molecule has 0 unspecified atom stereocenters. The summed E-state index contributed by atoms with van der Waals surface area (Å²) >= 11 is 0. The summed E-state index contributed by atoms with van der Waals surface area (Å²) in [5.74, 6) is -0.520. The van der Waals surface area contributed by atoms with Crippen LogP contribution < -0.4 is 16.8 Å². The smallest absolute Gasteiger partial charge is 0.248 e. The van der Waals surface area contributed by atoms with Crippen molar-refractivity contribution in [3.8, 4) is 0 Å². The molecule has 20 heavy (non-hydrogen) atoms. The Hall–Kier alpha value is -1.88. The molecule has 0 spiro atoms. The summed E-state index contributed by atoms with van der Waals surface area (Å²) in [5.41, 5.74) is 11.9. The third kappa shape index (κ3) is 5.40. The number of carbonyl (C=O) groups is 2. The van der Waals surface area contributed by atoms with Crippen LogP contribution in [0.5, 0.6) is 0 Å². The Morgan fingerprint density at radius 3 is 2.25 bits per heavy atom. The van der Waals surface area contributed by atoms with Crippen molar-refractivity contribution in [3.63, 3.8) is 0 Å². The van der Waals surface area contributed by atoms with Gasteiger partial charge in [-0.05, 0) is 49.1 Å². The molecule has 5 N–H and O–H groups in total. The average Bonchev–Trinajstić information content (AvgIpc) is 2.37. The second-order valence-electron chi connectivity index (χ2n) is 5.69. The maximum absolute atomic E-state index is 11.8. The van der Waals surface area contributed by atoms with Crippen LogP contribution in [0.2, 0.25) is 0 Å². The molecular weight excluding hydrogens is 254 g/mol. The van der Waals surface area contributed by atoms with Crippen molar-refractivity contribution in [2.75, 3.05) is 11.9 Å². The van der Waals surface area contributed by atoms with E-state index in [0.717, 1.165) is 12.8 Å². The zero-order valence-corrected chi connectivity index (χ0v) is 12.1. The number of benzene rings is 1. The highest BCUT2D eigenvalue weighted by atomic mass is 16.1. The zero-order chi connectivity index (χ0) is 15.2. The van der Waals surface area contributed by atoms with E-state index in [4.69, 9.17) is 11.5 Å². The minimum atomic E-state index is -0.480. The van der Waals surface area contributed by atoms with E-state index in [1.807, 2.05) is 0 Å². The Labute approximate surface area is 119 Å². The predicted octanol–water partition coefficient (Wildman–Crippen LogP) is 1.88. The summed E-state index contributed by atoms with van der Waals surface area (Å²) in [6.07, 6.45) is 2.13. The minimum absolute atomic E-state index is 0.0399. The number of nitrogens with one attached hydrogen (secondary N) is 1. The predicted molar refractivity (Wildman–Crippen MR) is 80.3 cm³/mol. The van der Waals surface area contributed by atoms with E-state index >= 15 is 0 Å². The van der Waals surface area contributed by atoms with Crippen LogP contribution in [0.1, 0.15) is 43.5 Å². The van der Waals surface area contributed by atoms with Gasteiger partial charge >= 0.3 is 0 Å². The fourth-order valence-electron chi connectivity index (χ4n) is 1.91. The summed E-state index contributed by atoms with van der Waals surface area (Å²) in [4.78, 5) is 22.8. The van der Waals surface area contributed by atoms with Crippen LogP contribution in [0.15, 0.2) is 24.3 Å². The first kappa shape index (κ1) is 16.2. The molecule has 0 aliphatic heterocycles. The largest absolute Gasteiger partial charge is 0.366 e. The molecule has 0 fully saturated rings. The topological polar surface area (TPSA) is 98.2 Å². The lowest BCUT2D eigenvalue weighted by Crippen LogP contribution is -2.20. The van der Waals surface area contributed by atoms with Gasteiger partial charge in [-0.1, -0.05) is 13.8 Å². The molecule has 0 saturated heterocycles. The monoisotopic (exact) mass is 277 g/mol. The molecule has 0 saturated carbocycles. The highest BCUT2D eigenvalue weighted by molar-refractivity contribution is 5.94. The Kier molecular flexibility index (Phi) is 5.70. The van der Waals surface area contributed by atoms with Gasteiger partial charge in [-0.25, -0.2) is 0 Å².